The first-order valence-corrected chi connectivity index (χ1v) is 9.24. The minimum absolute atomic E-state index is 0.126. The minimum atomic E-state index is -0.370. The van der Waals surface area contributed by atoms with Crippen LogP contribution in [0.3, 0.4) is 0 Å². The molecule has 0 aliphatic carbocycles. The van der Waals surface area contributed by atoms with Crippen molar-refractivity contribution in [3.63, 3.8) is 0 Å². The van der Waals surface area contributed by atoms with Crippen molar-refractivity contribution in [2.24, 2.45) is 0 Å². The molecule has 0 saturated carbocycles. The lowest BCUT2D eigenvalue weighted by molar-refractivity contribution is -0.118. The van der Waals surface area contributed by atoms with Crippen molar-refractivity contribution in [1.29, 1.82) is 0 Å². The number of nitrogens with zero attached hydrogens (tertiary/aromatic N) is 3. The van der Waals surface area contributed by atoms with E-state index in [1.807, 2.05) is 60.7 Å². The molecule has 6 heteroatoms. The largest absolute Gasteiger partial charge is 0.448 e. The van der Waals surface area contributed by atoms with Crippen LogP contribution in [-0.2, 0) is 11.3 Å². The zero-order valence-electron chi connectivity index (χ0n) is 15.7. The van der Waals surface area contributed by atoms with Gasteiger partial charge in [0.2, 0.25) is 11.5 Å². The van der Waals surface area contributed by atoms with Crippen LogP contribution in [-0.4, -0.2) is 22.5 Å². The summed E-state index contributed by atoms with van der Waals surface area (Å²) >= 11 is 0. The van der Waals surface area contributed by atoms with E-state index < -0.39 is 0 Å². The van der Waals surface area contributed by atoms with Crippen molar-refractivity contribution in [1.82, 2.24) is 9.55 Å². The average molecular weight is 383 g/mol. The molecule has 3 aromatic carbocycles. The molecule has 5 aromatic rings. The predicted octanol–water partition coefficient (Wildman–Crippen LogP) is 3.96. The molecule has 0 spiro atoms. The molecule has 2 aromatic heterocycles. The van der Waals surface area contributed by atoms with Crippen molar-refractivity contribution in [2.75, 3.05) is 11.9 Å². The maximum absolute atomic E-state index is 12.9. The van der Waals surface area contributed by atoms with E-state index >= 15 is 0 Å². The van der Waals surface area contributed by atoms with E-state index in [2.05, 4.69) is 4.98 Å². The van der Waals surface area contributed by atoms with Gasteiger partial charge in [0.15, 0.2) is 0 Å². The summed E-state index contributed by atoms with van der Waals surface area (Å²) in [7, 11) is 1.71. The number of rotatable bonds is 3. The van der Waals surface area contributed by atoms with Crippen LogP contribution >= 0.6 is 0 Å². The van der Waals surface area contributed by atoms with E-state index in [9.17, 15) is 9.59 Å². The highest BCUT2D eigenvalue weighted by Crippen LogP contribution is 2.26. The second-order valence-electron chi connectivity index (χ2n) is 6.90. The van der Waals surface area contributed by atoms with E-state index in [1.165, 1.54) is 10.9 Å². The third-order valence-corrected chi connectivity index (χ3v) is 5.16. The van der Waals surface area contributed by atoms with Crippen LogP contribution in [0.15, 0.2) is 82.3 Å². The van der Waals surface area contributed by atoms with Crippen molar-refractivity contribution >= 4 is 44.4 Å². The number of aromatic nitrogens is 2. The normalized spacial score (nSPS) is 11.3. The predicted molar refractivity (Wildman–Crippen MR) is 113 cm³/mol. The van der Waals surface area contributed by atoms with Crippen LogP contribution in [0.25, 0.3) is 32.8 Å². The smallest absolute Gasteiger partial charge is 0.297 e. The number of hydrogen-bond donors (Lipinski definition) is 0. The highest BCUT2D eigenvalue weighted by atomic mass is 16.3. The van der Waals surface area contributed by atoms with Crippen LogP contribution in [0.4, 0.5) is 5.69 Å². The molecule has 29 heavy (non-hydrogen) atoms. The van der Waals surface area contributed by atoms with E-state index in [-0.39, 0.29) is 23.6 Å². The number of benzene rings is 3. The lowest BCUT2D eigenvalue weighted by Gasteiger charge is -2.19. The maximum atomic E-state index is 12.9. The molecule has 5 rings (SSSR count). The molecule has 1 amide bonds. The van der Waals surface area contributed by atoms with Gasteiger partial charge in [-0.2, -0.15) is 0 Å². The van der Waals surface area contributed by atoms with Crippen molar-refractivity contribution in [2.45, 2.75) is 6.54 Å². The summed E-state index contributed by atoms with van der Waals surface area (Å²) in [6.45, 7) is -0.126. The molecule has 0 N–H and O–H groups in total. The Kier molecular flexibility index (Phi) is 3.91. The number of likely N-dealkylation sites (N-methyl/N-ethyl adjacent to an activating group) is 1. The van der Waals surface area contributed by atoms with Gasteiger partial charge in [0.05, 0.1) is 12.0 Å². The molecule has 0 saturated heterocycles. The third-order valence-electron chi connectivity index (χ3n) is 5.16. The first kappa shape index (κ1) is 17.2. The number of amides is 1. The monoisotopic (exact) mass is 383 g/mol. The van der Waals surface area contributed by atoms with E-state index in [4.69, 9.17) is 4.42 Å². The van der Waals surface area contributed by atoms with Crippen molar-refractivity contribution in [3.05, 3.63) is 83.4 Å². The summed E-state index contributed by atoms with van der Waals surface area (Å²) in [4.78, 5) is 31.7. The van der Waals surface area contributed by atoms with Crippen LogP contribution in [0.5, 0.6) is 0 Å². The molecule has 0 bridgehead atoms. The zero-order chi connectivity index (χ0) is 20.0. The number of hydrogen-bond acceptors (Lipinski definition) is 4. The number of para-hydroxylation sites is 1. The van der Waals surface area contributed by atoms with Crippen LogP contribution in [0.1, 0.15) is 0 Å². The van der Waals surface area contributed by atoms with Crippen molar-refractivity contribution in [3.8, 4) is 0 Å². The Morgan fingerprint density at radius 2 is 1.72 bits per heavy atom. The Morgan fingerprint density at radius 3 is 2.59 bits per heavy atom. The van der Waals surface area contributed by atoms with Gasteiger partial charge in [-0.05, 0) is 23.6 Å². The highest BCUT2D eigenvalue weighted by molar-refractivity contribution is 6.04. The summed E-state index contributed by atoms with van der Waals surface area (Å²) < 4.78 is 6.97. The zero-order valence-corrected chi connectivity index (χ0v) is 15.7. The SMILES string of the molecule is CN(C(=O)Cn1cnc2c(oc3ccccc32)c1=O)c1cccc2ccccc12. The van der Waals surface area contributed by atoms with Gasteiger partial charge in [-0.15, -0.1) is 0 Å². The molecule has 0 atom stereocenters. The van der Waals surface area contributed by atoms with E-state index in [0.29, 0.717) is 11.1 Å². The van der Waals surface area contributed by atoms with E-state index in [0.717, 1.165) is 21.8 Å². The number of anilines is 1. The molecule has 0 aliphatic rings. The number of carbonyl (C=O) groups is 1. The minimum Gasteiger partial charge on any atom is -0.448 e. The molecule has 6 nitrogen and oxygen atoms in total. The maximum Gasteiger partial charge on any atom is 0.297 e. The number of carbonyl (C=O) groups excluding carboxylic acids is 1. The van der Waals surface area contributed by atoms with Gasteiger partial charge >= 0.3 is 0 Å². The molecule has 0 radical (unpaired) electrons. The fourth-order valence-corrected chi connectivity index (χ4v) is 3.61. The summed E-state index contributed by atoms with van der Waals surface area (Å²) in [5, 5.41) is 2.81. The molecular weight excluding hydrogens is 366 g/mol. The number of furan rings is 1. The third kappa shape index (κ3) is 2.77. The first-order valence-electron chi connectivity index (χ1n) is 9.24. The van der Waals surface area contributed by atoms with Crippen LogP contribution < -0.4 is 10.5 Å². The second-order valence-corrected chi connectivity index (χ2v) is 6.90. The summed E-state index contributed by atoms with van der Waals surface area (Å²) in [6, 6.07) is 21.0. The van der Waals surface area contributed by atoms with Gasteiger partial charge in [-0.25, -0.2) is 4.98 Å². The standard InChI is InChI=1S/C23H17N3O3/c1-25(18-11-6-8-15-7-2-3-9-16(15)18)20(27)13-26-14-24-21-17-10-4-5-12-19(17)29-22(21)23(26)28/h2-12,14H,13H2,1H3. The second kappa shape index (κ2) is 6.60. The molecule has 2 heterocycles. The van der Waals surface area contributed by atoms with Gasteiger partial charge in [0.25, 0.3) is 5.56 Å². The topological polar surface area (TPSA) is 68.3 Å². The lowest BCUT2D eigenvalue weighted by atomic mass is 10.1. The average Bonchev–Trinajstić information content (AvgIpc) is 3.14. The van der Waals surface area contributed by atoms with Gasteiger partial charge < -0.3 is 9.32 Å². The Balaban J connectivity index is 1.51. The van der Waals surface area contributed by atoms with Crippen LogP contribution in [0, 0.1) is 0 Å². The molecular formula is C23H17N3O3. The van der Waals surface area contributed by atoms with Crippen molar-refractivity contribution < 1.29 is 9.21 Å². The molecule has 142 valence electrons. The first-order chi connectivity index (χ1) is 14.1. The Morgan fingerprint density at radius 1 is 1.00 bits per heavy atom. The summed E-state index contributed by atoms with van der Waals surface area (Å²) in [6.07, 6.45) is 1.40. The molecule has 0 unspecified atom stereocenters. The van der Waals surface area contributed by atoms with Crippen LogP contribution in [0.2, 0.25) is 0 Å². The lowest BCUT2D eigenvalue weighted by Crippen LogP contribution is -2.34. The van der Waals surface area contributed by atoms with Gasteiger partial charge in [-0.3, -0.25) is 14.2 Å². The Labute approximate surface area is 165 Å². The van der Waals surface area contributed by atoms with Gasteiger partial charge in [0.1, 0.15) is 17.6 Å². The number of fused-ring (bicyclic) bond motifs is 4. The summed E-state index contributed by atoms with van der Waals surface area (Å²) in [5.74, 6) is -0.222. The van der Waals surface area contributed by atoms with Gasteiger partial charge in [0, 0.05) is 17.8 Å². The fourth-order valence-electron chi connectivity index (χ4n) is 3.61. The molecule has 0 fully saturated rings. The fraction of sp³-hybridized carbons (Fsp3) is 0.0870. The highest BCUT2D eigenvalue weighted by Gasteiger charge is 2.18. The van der Waals surface area contributed by atoms with Gasteiger partial charge in [-0.1, -0.05) is 48.5 Å². The Hall–Kier alpha value is -3.93. The van der Waals surface area contributed by atoms with E-state index in [1.54, 1.807) is 18.0 Å². The quantitative estimate of drug-likeness (QED) is 0.473. The molecule has 0 aliphatic heterocycles. The Bertz CT molecular complexity index is 1440. The summed E-state index contributed by atoms with van der Waals surface area (Å²) in [5.41, 5.74) is 1.69.